The molecule has 0 radical (unpaired) electrons. The Balaban J connectivity index is 1.62. The molecule has 0 saturated carbocycles. The normalized spacial score (nSPS) is 24.3. The Kier molecular flexibility index (Phi) is 6.24. The lowest BCUT2D eigenvalue weighted by Gasteiger charge is -2.51. The van der Waals surface area contributed by atoms with Crippen molar-refractivity contribution in [2.24, 2.45) is 11.8 Å². The predicted molar refractivity (Wildman–Crippen MR) is 131 cm³/mol. The van der Waals surface area contributed by atoms with Crippen molar-refractivity contribution < 1.29 is 14.1 Å². The van der Waals surface area contributed by atoms with Crippen molar-refractivity contribution in [1.29, 1.82) is 0 Å². The molecule has 2 aliphatic rings. The molecular formula is C30H32NO2+. The summed E-state index contributed by atoms with van der Waals surface area (Å²) in [7, 11) is 0. The van der Waals surface area contributed by atoms with Crippen molar-refractivity contribution in [3.63, 3.8) is 0 Å². The van der Waals surface area contributed by atoms with E-state index in [1.54, 1.807) is 0 Å². The Labute approximate surface area is 196 Å². The molecule has 0 aromatic heterocycles. The van der Waals surface area contributed by atoms with Crippen molar-refractivity contribution >= 4 is 11.6 Å². The molecule has 3 nitrogen and oxygen atoms in total. The molecule has 2 fully saturated rings. The van der Waals surface area contributed by atoms with E-state index in [1.807, 2.05) is 78.9 Å². The number of benzene rings is 3. The van der Waals surface area contributed by atoms with Gasteiger partial charge in [0.2, 0.25) is 0 Å². The van der Waals surface area contributed by atoms with Crippen molar-refractivity contribution in [1.82, 2.24) is 0 Å². The minimum absolute atomic E-state index is 0.114. The molecule has 0 aliphatic carbocycles. The van der Waals surface area contributed by atoms with Gasteiger partial charge in [-0.05, 0) is 24.8 Å². The number of quaternary nitrogens is 1. The topological polar surface area (TPSA) is 34.1 Å². The maximum Gasteiger partial charge on any atom is 0.172 e. The van der Waals surface area contributed by atoms with Gasteiger partial charge in [-0.1, -0.05) is 91.0 Å². The van der Waals surface area contributed by atoms with E-state index >= 15 is 0 Å². The molecule has 2 saturated heterocycles. The van der Waals surface area contributed by atoms with Gasteiger partial charge in [-0.2, -0.15) is 0 Å². The molecule has 168 valence electrons. The molecule has 3 aromatic rings. The fourth-order valence-electron chi connectivity index (χ4n) is 6.23. The number of carbonyl (C=O) groups is 2. The third-order valence-corrected chi connectivity index (χ3v) is 7.77. The van der Waals surface area contributed by atoms with Gasteiger partial charge < -0.3 is 4.48 Å². The van der Waals surface area contributed by atoms with Crippen LogP contribution in [0, 0.1) is 11.8 Å². The SMILES string of the molecule is O=C(c1ccccc1)C1C[N+]2(CCCCC2)CC(C(=O)c2ccccc2)C1c1ccccc1. The van der Waals surface area contributed by atoms with Crippen LogP contribution in [0.15, 0.2) is 91.0 Å². The van der Waals surface area contributed by atoms with Crippen LogP contribution in [-0.2, 0) is 0 Å². The molecule has 33 heavy (non-hydrogen) atoms. The van der Waals surface area contributed by atoms with Crippen molar-refractivity contribution in [2.45, 2.75) is 25.2 Å². The van der Waals surface area contributed by atoms with Crippen LogP contribution in [-0.4, -0.2) is 42.2 Å². The first-order chi connectivity index (χ1) is 16.2. The van der Waals surface area contributed by atoms with E-state index in [2.05, 4.69) is 12.1 Å². The van der Waals surface area contributed by atoms with Gasteiger partial charge >= 0.3 is 0 Å². The second-order valence-electron chi connectivity index (χ2n) is 9.82. The monoisotopic (exact) mass is 438 g/mol. The first kappa shape index (κ1) is 21.8. The molecular weight excluding hydrogens is 406 g/mol. The van der Waals surface area contributed by atoms with E-state index < -0.39 is 0 Å². The lowest BCUT2D eigenvalue weighted by atomic mass is 9.67. The molecule has 3 heteroatoms. The van der Waals surface area contributed by atoms with Crippen LogP contribution in [0.5, 0.6) is 0 Å². The maximum absolute atomic E-state index is 14.0. The molecule has 0 amide bonds. The zero-order valence-corrected chi connectivity index (χ0v) is 19.1. The van der Waals surface area contributed by atoms with E-state index in [0.29, 0.717) is 0 Å². The van der Waals surface area contributed by atoms with Gasteiger partial charge in [0.05, 0.1) is 38.0 Å². The molecule has 1 spiro atoms. The smallest absolute Gasteiger partial charge is 0.172 e. The quantitative estimate of drug-likeness (QED) is 0.374. The summed E-state index contributed by atoms with van der Waals surface area (Å²) in [6.07, 6.45) is 3.60. The average Bonchev–Trinajstić information content (AvgIpc) is 2.89. The highest BCUT2D eigenvalue weighted by atomic mass is 16.1. The Bertz CT molecular complexity index is 1020. The zero-order chi connectivity index (χ0) is 22.7. The van der Waals surface area contributed by atoms with Crippen LogP contribution in [0.3, 0.4) is 0 Å². The molecule has 2 heterocycles. The standard InChI is InChI=1S/C30H32NO2/c32-29(24-15-7-2-8-16-24)26-21-31(19-11-4-12-20-31)22-27(28(26)23-13-5-1-6-14-23)30(33)25-17-9-3-10-18-25/h1-3,5-10,13-18,26-28H,4,11-12,19-22H2/q+1. The summed E-state index contributed by atoms with van der Waals surface area (Å²) in [5, 5.41) is 0. The first-order valence-electron chi connectivity index (χ1n) is 12.3. The van der Waals surface area contributed by atoms with E-state index in [0.717, 1.165) is 47.4 Å². The summed E-state index contributed by atoms with van der Waals surface area (Å²) in [5.41, 5.74) is 2.62. The zero-order valence-electron chi connectivity index (χ0n) is 19.1. The summed E-state index contributed by atoms with van der Waals surface area (Å²) in [6, 6.07) is 29.6. The number of carbonyl (C=O) groups excluding carboxylic acids is 2. The van der Waals surface area contributed by atoms with Gasteiger partial charge in [-0.25, -0.2) is 0 Å². The van der Waals surface area contributed by atoms with Crippen molar-refractivity contribution in [3.05, 3.63) is 108 Å². The summed E-state index contributed by atoms with van der Waals surface area (Å²) in [6.45, 7) is 3.79. The third-order valence-electron chi connectivity index (χ3n) is 7.77. The Morgan fingerprint density at radius 1 is 0.576 bits per heavy atom. The molecule has 2 atom stereocenters. The fraction of sp³-hybridized carbons (Fsp3) is 0.333. The van der Waals surface area contributed by atoms with Crippen LogP contribution in [0.2, 0.25) is 0 Å². The number of rotatable bonds is 5. The summed E-state index contributed by atoms with van der Waals surface area (Å²) < 4.78 is 0.899. The second-order valence-corrected chi connectivity index (χ2v) is 9.82. The van der Waals surface area contributed by atoms with Crippen LogP contribution in [0.4, 0.5) is 0 Å². The summed E-state index contributed by atoms with van der Waals surface area (Å²) >= 11 is 0. The highest BCUT2D eigenvalue weighted by molar-refractivity contribution is 6.02. The van der Waals surface area contributed by atoms with Crippen LogP contribution >= 0.6 is 0 Å². The van der Waals surface area contributed by atoms with Crippen molar-refractivity contribution in [3.8, 4) is 0 Å². The van der Waals surface area contributed by atoms with Gasteiger partial charge in [0.25, 0.3) is 0 Å². The first-order valence-corrected chi connectivity index (χ1v) is 12.3. The second kappa shape index (κ2) is 9.44. The van der Waals surface area contributed by atoms with Crippen LogP contribution < -0.4 is 0 Å². The minimum Gasteiger partial charge on any atom is -0.322 e. The molecule has 2 unspecified atom stereocenters. The lowest BCUT2D eigenvalue weighted by molar-refractivity contribution is -0.941. The number of Topliss-reactive ketones (excluding diaryl/α,β-unsaturated/α-hetero) is 2. The van der Waals surface area contributed by atoms with E-state index in [9.17, 15) is 9.59 Å². The lowest BCUT2D eigenvalue weighted by Crippen LogP contribution is -2.63. The molecule has 2 aliphatic heterocycles. The number of hydrogen-bond donors (Lipinski definition) is 0. The van der Waals surface area contributed by atoms with Gasteiger partial charge in [-0.3, -0.25) is 9.59 Å². The number of ketones is 2. The predicted octanol–water partition coefficient (Wildman–Crippen LogP) is 5.78. The third kappa shape index (κ3) is 4.43. The minimum atomic E-state index is -0.209. The largest absolute Gasteiger partial charge is 0.322 e. The fourth-order valence-corrected chi connectivity index (χ4v) is 6.23. The number of hydrogen-bond acceptors (Lipinski definition) is 2. The number of nitrogens with zero attached hydrogens (tertiary/aromatic N) is 1. The molecule has 0 N–H and O–H groups in total. The summed E-state index contributed by atoms with van der Waals surface area (Å²) in [4.78, 5) is 28.0. The van der Waals surface area contributed by atoms with Gasteiger partial charge in [-0.15, -0.1) is 0 Å². The Hall–Kier alpha value is -3.04. The van der Waals surface area contributed by atoms with Gasteiger partial charge in [0.1, 0.15) is 0 Å². The molecule has 0 bridgehead atoms. The van der Waals surface area contributed by atoms with Crippen LogP contribution in [0.1, 0.15) is 51.5 Å². The highest BCUT2D eigenvalue weighted by Gasteiger charge is 2.52. The van der Waals surface area contributed by atoms with Crippen molar-refractivity contribution in [2.75, 3.05) is 26.2 Å². The van der Waals surface area contributed by atoms with E-state index in [1.165, 1.54) is 19.3 Å². The molecule has 5 rings (SSSR count). The average molecular weight is 439 g/mol. The van der Waals surface area contributed by atoms with E-state index in [4.69, 9.17) is 0 Å². The van der Waals surface area contributed by atoms with E-state index in [-0.39, 0.29) is 29.3 Å². The van der Waals surface area contributed by atoms with Crippen LogP contribution in [0.25, 0.3) is 0 Å². The van der Waals surface area contributed by atoms with Gasteiger partial charge in [0.15, 0.2) is 11.6 Å². The van der Waals surface area contributed by atoms with Gasteiger partial charge in [0, 0.05) is 17.0 Å². The maximum atomic E-state index is 14.0. The Morgan fingerprint density at radius 3 is 1.45 bits per heavy atom. The number of piperidine rings is 2. The summed E-state index contributed by atoms with van der Waals surface area (Å²) in [5.74, 6) is -0.174. The molecule has 3 aromatic carbocycles. The highest BCUT2D eigenvalue weighted by Crippen LogP contribution is 2.44. The Morgan fingerprint density at radius 2 is 1.00 bits per heavy atom.